The van der Waals surface area contributed by atoms with Gasteiger partial charge in [-0.3, -0.25) is 4.98 Å². The molecule has 1 fully saturated rings. The second kappa shape index (κ2) is 9.94. The van der Waals surface area contributed by atoms with Crippen LogP contribution < -0.4 is 9.47 Å². The standard InChI is InChI=1S/C21H27ClN2O4/c1-3-27-21(25)16-14-23-17-13-19(18(26-2)12-15(17)20(16)22)28-11-7-10-24-8-5-4-6-9-24/h12-14H,3-11H2,1-2H3. The SMILES string of the molecule is CCOC(=O)c1cnc2cc(OCCCN3CCCCC3)c(OC)cc2c1Cl. The molecular weight excluding hydrogens is 380 g/mol. The lowest BCUT2D eigenvalue weighted by atomic mass is 10.1. The van der Waals surface area contributed by atoms with Gasteiger partial charge in [-0.2, -0.15) is 0 Å². The predicted molar refractivity (Wildman–Crippen MR) is 110 cm³/mol. The molecule has 2 heterocycles. The maximum atomic E-state index is 12.0. The van der Waals surface area contributed by atoms with E-state index in [2.05, 4.69) is 9.88 Å². The zero-order valence-corrected chi connectivity index (χ0v) is 17.3. The van der Waals surface area contributed by atoms with Gasteiger partial charge in [-0.05, 0) is 45.3 Å². The van der Waals surface area contributed by atoms with Gasteiger partial charge >= 0.3 is 5.97 Å². The van der Waals surface area contributed by atoms with Crippen molar-refractivity contribution in [2.45, 2.75) is 32.6 Å². The van der Waals surface area contributed by atoms with Crippen molar-refractivity contribution in [3.63, 3.8) is 0 Å². The highest BCUT2D eigenvalue weighted by molar-refractivity contribution is 6.38. The zero-order chi connectivity index (χ0) is 19.9. The Kier molecular flexibility index (Phi) is 7.34. The van der Waals surface area contributed by atoms with Crippen molar-refractivity contribution in [1.29, 1.82) is 0 Å². The minimum absolute atomic E-state index is 0.244. The highest BCUT2D eigenvalue weighted by atomic mass is 35.5. The molecule has 7 heteroatoms. The van der Waals surface area contributed by atoms with E-state index < -0.39 is 5.97 Å². The number of esters is 1. The van der Waals surface area contributed by atoms with Crippen LogP contribution in [0.4, 0.5) is 0 Å². The molecule has 0 amide bonds. The first-order chi connectivity index (χ1) is 13.6. The third kappa shape index (κ3) is 4.86. The van der Waals surface area contributed by atoms with Crippen LogP contribution in [0.2, 0.25) is 5.02 Å². The maximum absolute atomic E-state index is 12.0. The molecule has 6 nitrogen and oxygen atoms in total. The fourth-order valence-electron chi connectivity index (χ4n) is 3.44. The molecular formula is C21H27ClN2O4. The summed E-state index contributed by atoms with van der Waals surface area (Å²) in [5.74, 6) is 0.704. The Hall–Kier alpha value is -2.05. The average Bonchev–Trinajstić information content (AvgIpc) is 2.72. The Labute approximate surface area is 170 Å². The topological polar surface area (TPSA) is 60.9 Å². The highest BCUT2D eigenvalue weighted by Gasteiger charge is 2.18. The molecule has 28 heavy (non-hydrogen) atoms. The van der Waals surface area contributed by atoms with Crippen LogP contribution in [-0.2, 0) is 4.74 Å². The molecule has 0 spiro atoms. The molecule has 0 saturated carbocycles. The number of aromatic nitrogens is 1. The van der Waals surface area contributed by atoms with Crippen LogP contribution in [0.1, 0.15) is 43.0 Å². The second-order valence-electron chi connectivity index (χ2n) is 6.83. The molecule has 1 aliphatic rings. The van der Waals surface area contributed by atoms with Gasteiger partial charge in [-0.15, -0.1) is 0 Å². The number of hydrogen-bond acceptors (Lipinski definition) is 6. The smallest absolute Gasteiger partial charge is 0.341 e. The molecule has 0 atom stereocenters. The number of fused-ring (bicyclic) bond motifs is 1. The molecule has 0 unspecified atom stereocenters. The lowest BCUT2D eigenvalue weighted by molar-refractivity contribution is 0.0526. The lowest BCUT2D eigenvalue weighted by Gasteiger charge is -2.26. The molecule has 0 radical (unpaired) electrons. The summed E-state index contributed by atoms with van der Waals surface area (Å²) in [7, 11) is 1.58. The number of halogens is 1. The molecule has 1 aliphatic heterocycles. The summed E-state index contributed by atoms with van der Waals surface area (Å²) in [5.41, 5.74) is 0.887. The Balaban J connectivity index is 1.72. The summed E-state index contributed by atoms with van der Waals surface area (Å²) < 4.78 is 16.5. The first-order valence-corrected chi connectivity index (χ1v) is 10.2. The van der Waals surface area contributed by atoms with Crippen LogP contribution in [0.15, 0.2) is 18.3 Å². The number of carbonyl (C=O) groups is 1. The van der Waals surface area contributed by atoms with Gasteiger partial charge in [-0.1, -0.05) is 18.0 Å². The van der Waals surface area contributed by atoms with Gasteiger partial charge in [0.05, 0.1) is 36.4 Å². The summed E-state index contributed by atoms with van der Waals surface area (Å²) in [6.45, 7) is 6.05. The molecule has 0 aliphatic carbocycles. The number of rotatable bonds is 8. The Morgan fingerprint density at radius 3 is 2.71 bits per heavy atom. The Morgan fingerprint density at radius 2 is 2.00 bits per heavy atom. The van der Waals surface area contributed by atoms with Crippen molar-refractivity contribution >= 4 is 28.5 Å². The number of hydrogen-bond donors (Lipinski definition) is 0. The normalized spacial score (nSPS) is 14.8. The summed E-state index contributed by atoms with van der Waals surface area (Å²) in [6, 6.07) is 3.56. The first kappa shape index (κ1) is 20.7. The van der Waals surface area contributed by atoms with Gasteiger partial charge < -0.3 is 19.1 Å². The van der Waals surface area contributed by atoms with Crippen LogP contribution in [0.3, 0.4) is 0 Å². The molecule has 1 saturated heterocycles. The lowest BCUT2D eigenvalue weighted by Crippen LogP contribution is -2.31. The number of carbonyl (C=O) groups excluding carboxylic acids is 1. The molecule has 0 bridgehead atoms. The fourth-order valence-corrected chi connectivity index (χ4v) is 3.72. The molecule has 2 aromatic rings. The van der Waals surface area contributed by atoms with Crippen molar-refractivity contribution in [1.82, 2.24) is 9.88 Å². The summed E-state index contributed by atoms with van der Waals surface area (Å²) in [6.07, 6.45) is 6.32. The van der Waals surface area contributed by atoms with E-state index >= 15 is 0 Å². The third-order valence-electron chi connectivity index (χ3n) is 4.91. The van der Waals surface area contributed by atoms with Gasteiger partial charge in [0.2, 0.25) is 0 Å². The number of piperidine rings is 1. The number of benzene rings is 1. The summed E-state index contributed by atoms with van der Waals surface area (Å²) in [5, 5.41) is 0.933. The van der Waals surface area contributed by atoms with E-state index in [1.165, 1.54) is 38.5 Å². The fraction of sp³-hybridized carbons (Fsp3) is 0.524. The Morgan fingerprint density at radius 1 is 1.21 bits per heavy atom. The first-order valence-electron chi connectivity index (χ1n) is 9.82. The van der Waals surface area contributed by atoms with Crippen molar-refractivity contribution in [3.05, 3.63) is 28.9 Å². The summed E-state index contributed by atoms with van der Waals surface area (Å²) in [4.78, 5) is 18.9. The minimum atomic E-state index is -0.487. The molecule has 3 rings (SSSR count). The van der Waals surface area contributed by atoms with E-state index in [-0.39, 0.29) is 12.2 Å². The monoisotopic (exact) mass is 406 g/mol. The average molecular weight is 407 g/mol. The van der Waals surface area contributed by atoms with Crippen LogP contribution in [0.5, 0.6) is 11.5 Å². The third-order valence-corrected chi connectivity index (χ3v) is 5.32. The molecule has 1 aromatic carbocycles. The number of pyridine rings is 1. The maximum Gasteiger partial charge on any atom is 0.341 e. The highest BCUT2D eigenvalue weighted by Crippen LogP contribution is 2.36. The van der Waals surface area contributed by atoms with E-state index in [0.29, 0.717) is 34.0 Å². The van der Waals surface area contributed by atoms with E-state index in [0.717, 1.165) is 13.0 Å². The van der Waals surface area contributed by atoms with Gasteiger partial charge in [0, 0.05) is 24.2 Å². The van der Waals surface area contributed by atoms with E-state index in [9.17, 15) is 4.79 Å². The van der Waals surface area contributed by atoms with Gasteiger partial charge in [0.1, 0.15) is 0 Å². The van der Waals surface area contributed by atoms with Crippen LogP contribution in [0.25, 0.3) is 10.9 Å². The number of likely N-dealkylation sites (tertiary alicyclic amines) is 1. The van der Waals surface area contributed by atoms with Crippen LogP contribution in [-0.4, -0.2) is 55.8 Å². The molecule has 152 valence electrons. The zero-order valence-electron chi connectivity index (χ0n) is 16.5. The molecule has 1 aromatic heterocycles. The van der Waals surface area contributed by atoms with E-state index in [4.69, 9.17) is 25.8 Å². The molecule has 0 N–H and O–H groups in total. The van der Waals surface area contributed by atoms with Gasteiger partial charge in [0.15, 0.2) is 11.5 Å². The van der Waals surface area contributed by atoms with E-state index in [1.807, 2.05) is 0 Å². The van der Waals surface area contributed by atoms with Crippen molar-refractivity contribution in [3.8, 4) is 11.5 Å². The second-order valence-corrected chi connectivity index (χ2v) is 7.21. The largest absolute Gasteiger partial charge is 0.493 e. The van der Waals surface area contributed by atoms with Gasteiger partial charge in [0.25, 0.3) is 0 Å². The number of methoxy groups -OCH3 is 1. The van der Waals surface area contributed by atoms with E-state index in [1.54, 1.807) is 26.2 Å². The van der Waals surface area contributed by atoms with Crippen molar-refractivity contribution in [2.24, 2.45) is 0 Å². The quantitative estimate of drug-likeness (QED) is 0.480. The minimum Gasteiger partial charge on any atom is -0.493 e. The van der Waals surface area contributed by atoms with Crippen molar-refractivity contribution in [2.75, 3.05) is 40.0 Å². The van der Waals surface area contributed by atoms with Gasteiger partial charge in [-0.25, -0.2) is 4.79 Å². The number of ether oxygens (including phenoxy) is 3. The van der Waals surface area contributed by atoms with Crippen LogP contribution >= 0.6 is 11.6 Å². The predicted octanol–water partition coefficient (Wildman–Crippen LogP) is 4.33. The Bertz CT molecular complexity index is 822. The van der Waals surface area contributed by atoms with Crippen molar-refractivity contribution < 1.29 is 19.0 Å². The van der Waals surface area contributed by atoms with Crippen LogP contribution in [0, 0.1) is 0 Å². The number of nitrogens with zero attached hydrogens (tertiary/aromatic N) is 2. The summed E-state index contributed by atoms with van der Waals surface area (Å²) >= 11 is 6.42.